The lowest BCUT2D eigenvalue weighted by Gasteiger charge is -2.08. The van der Waals surface area contributed by atoms with Gasteiger partial charge < -0.3 is 4.74 Å². The lowest BCUT2D eigenvalue weighted by Crippen LogP contribution is -2.07. The highest BCUT2D eigenvalue weighted by molar-refractivity contribution is 6.45. The molecule has 0 fully saturated rings. The Bertz CT molecular complexity index is 692. The lowest BCUT2D eigenvalue weighted by molar-refractivity contribution is 0.0588. The molecule has 3 nitrogen and oxygen atoms in total. The molecular formula is C13H7Cl3FNO2. The zero-order valence-corrected chi connectivity index (χ0v) is 12.4. The molecule has 0 saturated heterocycles. The first kappa shape index (κ1) is 15.0. The van der Waals surface area contributed by atoms with E-state index in [0.29, 0.717) is 16.1 Å². The van der Waals surface area contributed by atoms with Crippen LogP contribution in [0, 0.1) is 5.82 Å². The van der Waals surface area contributed by atoms with Crippen LogP contribution in [-0.4, -0.2) is 18.1 Å². The Morgan fingerprint density at radius 3 is 2.55 bits per heavy atom. The van der Waals surface area contributed by atoms with E-state index in [-0.39, 0.29) is 10.0 Å². The first-order valence-corrected chi connectivity index (χ1v) is 6.46. The van der Waals surface area contributed by atoms with Crippen molar-refractivity contribution in [2.45, 2.75) is 0 Å². The third-order valence-electron chi connectivity index (χ3n) is 2.52. The van der Waals surface area contributed by atoms with Crippen molar-refractivity contribution >= 4 is 40.8 Å². The van der Waals surface area contributed by atoms with Gasteiger partial charge in [0.2, 0.25) is 0 Å². The maximum Gasteiger partial charge on any atom is 0.359 e. The van der Waals surface area contributed by atoms with Crippen molar-refractivity contribution in [3.05, 3.63) is 51.0 Å². The van der Waals surface area contributed by atoms with Crippen LogP contribution >= 0.6 is 34.8 Å². The maximum absolute atomic E-state index is 13.8. The molecule has 0 atom stereocenters. The number of hydrogen-bond donors (Lipinski definition) is 0. The third kappa shape index (κ3) is 2.87. The number of carbonyl (C=O) groups is 1. The van der Waals surface area contributed by atoms with Crippen molar-refractivity contribution in [3.63, 3.8) is 0 Å². The van der Waals surface area contributed by atoms with Crippen LogP contribution in [0.15, 0.2) is 24.4 Å². The van der Waals surface area contributed by atoms with E-state index in [1.807, 2.05) is 0 Å². The molecule has 0 radical (unpaired) electrons. The van der Waals surface area contributed by atoms with E-state index in [2.05, 4.69) is 9.72 Å². The average Bonchev–Trinajstić information content (AvgIpc) is 2.41. The number of aromatic nitrogens is 1. The van der Waals surface area contributed by atoms with E-state index >= 15 is 0 Å². The smallest absolute Gasteiger partial charge is 0.359 e. The number of hydrogen-bond acceptors (Lipinski definition) is 3. The fraction of sp³-hybridized carbons (Fsp3) is 0.0769. The Morgan fingerprint density at radius 1 is 1.25 bits per heavy atom. The van der Waals surface area contributed by atoms with E-state index in [1.54, 1.807) is 0 Å². The number of methoxy groups -OCH3 is 1. The molecule has 0 saturated carbocycles. The lowest BCUT2D eigenvalue weighted by atomic mass is 10.1. The SMILES string of the molecule is COC(=O)c1ncc(-c2cc(Cl)cc(Cl)c2Cl)cc1F. The van der Waals surface area contributed by atoms with Crippen LogP contribution in [0.1, 0.15) is 10.5 Å². The topological polar surface area (TPSA) is 39.2 Å². The molecule has 7 heteroatoms. The molecule has 104 valence electrons. The van der Waals surface area contributed by atoms with Gasteiger partial charge in [0.1, 0.15) is 0 Å². The highest BCUT2D eigenvalue weighted by atomic mass is 35.5. The van der Waals surface area contributed by atoms with Gasteiger partial charge in [-0.2, -0.15) is 0 Å². The highest BCUT2D eigenvalue weighted by Gasteiger charge is 2.17. The van der Waals surface area contributed by atoms with Gasteiger partial charge in [0, 0.05) is 22.3 Å². The maximum atomic E-state index is 13.8. The number of esters is 1. The fourth-order valence-corrected chi connectivity index (χ4v) is 2.31. The largest absolute Gasteiger partial charge is 0.464 e. The fourth-order valence-electron chi connectivity index (χ4n) is 1.60. The zero-order chi connectivity index (χ0) is 14.9. The van der Waals surface area contributed by atoms with Crippen LogP contribution in [0.25, 0.3) is 11.1 Å². The Kier molecular flexibility index (Phi) is 4.48. The molecule has 0 aliphatic carbocycles. The second-order valence-corrected chi connectivity index (χ2v) is 5.02. The average molecular weight is 335 g/mol. The predicted molar refractivity (Wildman–Crippen MR) is 76.0 cm³/mol. The molecule has 0 bridgehead atoms. The summed E-state index contributed by atoms with van der Waals surface area (Å²) in [6.45, 7) is 0. The number of halogens is 4. The molecule has 2 rings (SSSR count). The minimum Gasteiger partial charge on any atom is -0.464 e. The van der Waals surface area contributed by atoms with Crippen LogP contribution in [0.5, 0.6) is 0 Å². The first-order valence-electron chi connectivity index (χ1n) is 5.32. The summed E-state index contributed by atoms with van der Waals surface area (Å²) in [4.78, 5) is 15.0. The molecule has 1 aromatic heterocycles. The molecule has 0 aliphatic heterocycles. The van der Waals surface area contributed by atoms with E-state index in [1.165, 1.54) is 18.3 Å². The van der Waals surface area contributed by atoms with Gasteiger partial charge in [0.05, 0.1) is 17.2 Å². The van der Waals surface area contributed by atoms with E-state index in [0.717, 1.165) is 13.2 Å². The molecular weight excluding hydrogens is 328 g/mol. The predicted octanol–water partition coefficient (Wildman–Crippen LogP) is 4.63. The van der Waals surface area contributed by atoms with Gasteiger partial charge >= 0.3 is 5.97 Å². The molecule has 2 aromatic rings. The Morgan fingerprint density at radius 2 is 1.95 bits per heavy atom. The second kappa shape index (κ2) is 5.95. The van der Waals surface area contributed by atoms with Crippen LogP contribution in [0.2, 0.25) is 15.1 Å². The molecule has 1 heterocycles. The number of rotatable bonds is 2. The van der Waals surface area contributed by atoms with Gasteiger partial charge in [0.25, 0.3) is 0 Å². The molecule has 0 N–H and O–H groups in total. The van der Waals surface area contributed by atoms with Gasteiger partial charge in [-0.05, 0) is 18.2 Å². The van der Waals surface area contributed by atoms with E-state index < -0.39 is 17.5 Å². The summed E-state index contributed by atoms with van der Waals surface area (Å²) in [6, 6.07) is 4.12. The zero-order valence-electron chi connectivity index (χ0n) is 10.1. The van der Waals surface area contributed by atoms with Crippen molar-refractivity contribution in [1.29, 1.82) is 0 Å². The number of nitrogens with zero attached hydrogens (tertiary/aromatic N) is 1. The molecule has 0 aliphatic rings. The summed E-state index contributed by atoms with van der Waals surface area (Å²) in [5.41, 5.74) is 0.372. The number of pyridine rings is 1. The van der Waals surface area contributed by atoms with Crippen LogP contribution in [0.3, 0.4) is 0 Å². The summed E-state index contributed by atoms with van der Waals surface area (Å²) in [6.07, 6.45) is 1.29. The van der Waals surface area contributed by atoms with Gasteiger partial charge in [-0.15, -0.1) is 0 Å². The van der Waals surface area contributed by atoms with Gasteiger partial charge in [-0.3, -0.25) is 0 Å². The van der Waals surface area contributed by atoms with Crippen LogP contribution < -0.4 is 0 Å². The van der Waals surface area contributed by atoms with Crippen LogP contribution in [0.4, 0.5) is 4.39 Å². The number of benzene rings is 1. The number of carbonyl (C=O) groups excluding carboxylic acids is 1. The minimum absolute atomic E-state index is 0.225. The van der Waals surface area contributed by atoms with Gasteiger partial charge in [-0.1, -0.05) is 34.8 Å². The summed E-state index contributed by atoms with van der Waals surface area (Å²) in [7, 11) is 1.14. The van der Waals surface area contributed by atoms with E-state index in [9.17, 15) is 9.18 Å². The molecule has 0 spiro atoms. The Balaban J connectivity index is 2.55. The Labute approximate surface area is 129 Å². The van der Waals surface area contributed by atoms with E-state index in [4.69, 9.17) is 34.8 Å². The summed E-state index contributed by atoms with van der Waals surface area (Å²) < 4.78 is 18.2. The third-order valence-corrected chi connectivity index (χ3v) is 3.54. The Hall–Kier alpha value is -1.36. The van der Waals surface area contributed by atoms with Gasteiger partial charge in [-0.25, -0.2) is 14.2 Å². The minimum atomic E-state index is -0.857. The van der Waals surface area contributed by atoms with Crippen molar-refractivity contribution in [3.8, 4) is 11.1 Å². The molecule has 1 aromatic carbocycles. The molecule has 0 amide bonds. The summed E-state index contributed by atoms with van der Waals surface area (Å²) in [5.74, 6) is -1.68. The van der Waals surface area contributed by atoms with Crippen molar-refractivity contribution < 1.29 is 13.9 Å². The van der Waals surface area contributed by atoms with Crippen molar-refractivity contribution in [2.24, 2.45) is 0 Å². The summed E-state index contributed by atoms with van der Waals surface area (Å²) >= 11 is 17.8. The number of ether oxygens (including phenoxy) is 1. The summed E-state index contributed by atoms with van der Waals surface area (Å²) in [5, 5.41) is 0.821. The second-order valence-electron chi connectivity index (χ2n) is 3.80. The molecule has 20 heavy (non-hydrogen) atoms. The monoisotopic (exact) mass is 333 g/mol. The molecule has 0 unspecified atom stereocenters. The highest BCUT2D eigenvalue weighted by Crippen LogP contribution is 2.36. The van der Waals surface area contributed by atoms with Crippen molar-refractivity contribution in [2.75, 3.05) is 7.11 Å². The quantitative estimate of drug-likeness (QED) is 0.593. The normalized spacial score (nSPS) is 10.4. The van der Waals surface area contributed by atoms with Crippen molar-refractivity contribution in [1.82, 2.24) is 4.98 Å². The van der Waals surface area contributed by atoms with Gasteiger partial charge in [0.15, 0.2) is 11.5 Å². The standard InChI is InChI=1S/C13H7Cl3FNO2/c1-20-13(19)12-10(17)2-6(5-18-12)8-3-7(14)4-9(15)11(8)16/h2-5H,1H3. The van der Waals surface area contributed by atoms with Crippen LogP contribution in [-0.2, 0) is 4.74 Å². The first-order chi connectivity index (χ1) is 9.43.